The lowest BCUT2D eigenvalue weighted by molar-refractivity contribution is -0.384. The van der Waals surface area contributed by atoms with Gasteiger partial charge in [-0.2, -0.15) is 5.10 Å². The highest BCUT2D eigenvalue weighted by atomic mass is 16.6. The maximum Gasteiger partial charge on any atom is 0.269 e. The van der Waals surface area contributed by atoms with E-state index in [0.717, 1.165) is 0 Å². The molecule has 10 nitrogen and oxygen atoms in total. The van der Waals surface area contributed by atoms with E-state index in [-0.39, 0.29) is 12.3 Å². The number of nitro benzene ring substituents is 1. The summed E-state index contributed by atoms with van der Waals surface area (Å²) in [5, 5.41) is 17.2. The van der Waals surface area contributed by atoms with Gasteiger partial charge in [-0.3, -0.25) is 19.7 Å². The summed E-state index contributed by atoms with van der Waals surface area (Å²) >= 11 is 0. The molecule has 1 heterocycles. The quantitative estimate of drug-likeness (QED) is 0.292. The number of rotatable bonds is 9. The highest BCUT2D eigenvalue weighted by Gasteiger charge is 2.16. The largest absolute Gasteiger partial charge is 0.484 e. The van der Waals surface area contributed by atoms with Crippen molar-refractivity contribution in [2.75, 3.05) is 6.61 Å². The molecule has 1 atom stereocenters. The molecule has 2 aromatic carbocycles. The first-order valence-electron chi connectivity index (χ1n) is 9.99. The van der Waals surface area contributed by atoms with Crippen LogP contribution in [0, 0.1) is 17.0 Å². The van der Waals surface area contributed by atoms with Gasteiger partial charge in [0.2, 0.25) is 0 Å². The summed E-state index contributed by atoms with van der Waals surface area (Å²) in [5.41, 5.74) is 3.73. The first-order valence-corrected chi connectivity index (χ1v) is 9.99. The number of aryl methyl sites for hydroxylation is 1. The average molecular weight is 450 g/mol. The van der Waals surface area contributed by atoms with Crippen molar-refractivity contribution >= 4 is 23.7 Å². The third-order valence-electron chi connectivity index (χ3n) is 4.56. The molecule has 0 bridgehead atoms. The van der Waals surface area contributed by atoms with Gasteiger partial charge in [-0.1, -0.05) is 18.2 Å². The third-order valence-corrected chi connectivity index (χ3v) is 4.56. The summed E-state index contributed by atoms with van der Waals surface area (Å²) in [4.78, 5) is 34.5. The Morgan fingerprint density at radius 2 is 1.94 bits per heavy atom. The second-order valence-electron chi connectivity index (χ2n) is 7.08. The number of ether oxygens (including phenoxy) is 1. The minimum atomic E-state index is -0.830. The molecule has 0 saturated heterocycles. The van der Waals surface area contributed by atoms with Crippen LogP contribution in [0.1, 0.15) is 18.2 Å². The predicted molar refractivity (Wildman–Crippen MR) is 121 cm³/mol. The van der Waals surface area contributed by atoms with Gasteiger partial charge in [-0.25, -0.2) is 5.43 Å². The highest BCUT2D eigenvalue weighted by molar-refractivity contribution is 5.88. The molecule has 2 amide bonds. The Hall–Kier alpha value is -4.47. The van der Waals surface area contributed by atoms with Crippen LogP contribution in [0.4, 0.5) is 5.69 Å². The number of nitrogens with zero attached hydrogens (tertiary/aromatic N) is 2. The molecule has 0 saturated carbocycles. The third kappa shape index (κ3) is 6.50. The fourth-order valence-corrected chi connectivity index (χ4v) is 2.88. The van der Waals surface area contributed by atoms with Crippen molar-refractivity contribution < 1.29 is 23.7 Å². The number of nitro groups is 1. The summed E-state index contributed by atoms with van der Waals surface area (Å²) in [5.74, 6) is 0.471. The van der Waals surface area contributed by atoms with Crippen LogP contribution in [0.3, 0.4) is 0 Å². The molecule has 0 spiro atoms. The maximum absolute atomic E-state index is 12.1. The normalized spacial score (nSPS) is 11.7. The number of nitrogens with one attached hydrogen (secondary N) is 2. The van der Waals surface area contributed by atoms with E-state index in [2.05, 4.69) is 15.8 Å². The molecule has 0 unspecified atom stereocenters. The minimum absolute atomic E-state index is 0.000133. The van der Waals surface area contributed by atoms with Crippen molar-refractivity contribution in [2.45, 2.75) is 19.9 Å². The topological polar surface area (TPSA) is 136 Å². The van der Waals surface area contributed by atoms with Gasteiger partial charge in [-0.05, 0) is 49.7 Å². The van der Waals surface area contributed by atoms with Gasteiger partial charge in [0.05, 0.1) is 11.1 Å². The van der Waals surface area contributed by atoms with Crippen LogP contribution in [0.15, 0.2) is 70.2 Å². The summed E-state index contributed by atoms with van der Waals surface area (Å²) < 4.78 is 11.0. The lowest BCUT2D eigenvalue weighted by atomic mass is 10.1. The lowest BCUT2D eigenvalue weighted by Crippen LogP contribution is -2.45. The van der Waals surface area contributed by atoms with Crippen LogP contribution in [-0.2, 0) is 9.59 Å². The minimum Gasteiger partial charge on any atom is -0.484 e. The first-order chi connectivity index (χ1) is 15.8. The summed E-state index contributed by atoms with van der Waals surface area (Å²) in [6, 6.07) is 15.9. The molecule has 3 rings (SSSR count). The van der Waals surface area contributed by atoms with E-state index >= 15 is 0 Å². The van der Waals surface area contributed by atoms with Gasteiger partial charge < -0.3 is 14.5 Å². The zero-order valence-corrected chi connectivity index (χ0v) is 18.0. The molecule has 0 aliphatic rings. The predicted octanol–water partition coefficient (Wildman–Crippen LogP) is 3.20. The molecule has 0 fully saturated rings. The van der Waals surface area contributed by atoms with E-state index in [1.165, 1.54) is 25.3 Å². The van der Waals surface area contributed by atoms with Crippen molar-refractivity contribution in [3.63, 3.8) is 0 Å². The van der Waals surface area contributed by atoms with Crippen LogP contribution in [0.2, 0.25) is 0 Å². The standard InChI is InChI=1S/C23H22N4O6/c1-15-12-17(27(30)31)8-10-20(15)21-11-9-19(33-21)13-24-26-23(29)16(2)25-22(28)14-32-18-6-4-3-5-7-18/h3-13,16H,14H2,1-2H3,(H,25,28)(H,26,29)/b24-13-/t16-/m0/s1. The van der Waals surface area contributed by atoms with Crippen LogP contribution in [0.5, 0.6) is 5.75 Å². The van der Waals surface area contributed by atoms with E-state index < -0.39 is 22.8 Å². The van der Waals surface area contributed by atoms with Crippen molar-refractivity contribution in [3.8, 4) is 17.1 Å². The van der Waals surface area contributed by atoms with Crippen LogP contribution < -0.4 is 15.5 Å². The number of carbonyl (C=O) groups excluding carboxylic acids is 2. The summed E-state index contributed by atoms with van der Waals surface area (Å²) in [6.07, 6.45) is 1.31. The van der Waals surface area contributed by atoms with Crippen molar-refractivity contribution in [2.24, 2.45) is 5.10 Å². The maximum atomic E-state index is 12.1. The number of hydrazone groups is 1. The second-order valence-corrected chi connectivity index (χ2v) is 7.08. The number of amides is 2. The lowest BCUT2D eigenvalue weighted by Gasteiger charge is -2.12. The molecule has 33 heavy (non-hydrogen) atoms. The smallest absolute Gasteiger partial charge is 0.269 e. The Balaban J connectivity index is 1.49. The van der Waals surface area contributed by atoms with Gasteiger partial charge in [0, 0.05) is 17.7 Å². The number of furan rings is 1. The van der Waals surface area contributed by atoms with Gasteiger partial charge >= 0.3 is 0 Å². The van der Waals surface area contributed by atoms with E-state index in [1.54, 1.807) is 49.4 Å². The number of non-ortho nitro benzene ring substituents is 1. The molecule has 10 heteroatoms. The Morgan fingerprint density at radius 1 is 1.18 bits per heavy atom. The van der Waals surface area contributed by atoms with Crippen molar-refractivity contribution in [1.29, 1.82) is 0 Å². The number of carbonyl (C=O) groups is 2. The number of hydrogen-bond acceptors (Lipinski definition) is 7. The molecule has 1 aromatic heterocycles. The fourth-order valence-electron chi connectivity index (χ4n) is 2.88. The molecule has 2 N–H and O–H groups in total. The zero-order chi connectivity index (χ0) is 23.8. The monoisotopic (exact) mass is 450 g/mol. The molecular formula is C23H22N4O6. The van der Waals surface area contributed by atoms with Gasteiger partial charge in [0.15, 0.2) is 6.61 Å². The Bertz CT molecular complexity index is 1170. The highest BCUT2D eigenvalue weighted by Crippen LogP contribution is 2.28. The van der Waals surface area contributed by atoms with E-state index in [0.29, 0.717) is 28.4 Å². The van der Waals surface area contributed by atoms with E-state index in [4.69, 9.17) is 9.15 Å². The Kier molecular flexibility index (Phi) is 7.53. The van der Waals surface area contributed by atoms with Crippen LogP contribution in [-0.4, -0.2) is 35.6 Å². The molecule has 0 aliphatic carbocycles. The Labute approximate surface area is 189 Å². The van der Waals surface area contributed by atoms with Crippen molar-refractivity contribution in [3.05, 3.63) is 82.1 Å². The first kappa shape index (κ1) is 23.2. The molecule has 3 aromatic rings. The van der Waals surface area contributed by atoms with E-state index in [1.807, 2.05) is 6.07 Å². The SMILES string of the molecule is Cc1cc([N+](=O)[O-])ccc1-c1ccc(/C=N\NC(=O)[C@H](C)NC(=O)COc2ccccc2)o1. The molecule has 0 aliphatic heterocycles. The summed E-state index contributed by atoms with van der Waals surface area (Å²) in [7, 11) is 0. The average Bonchev–Trinajstić information content (AvgIpc) is 3.26. The van der Waals surface area contributed by atoms with Gasteiger partial charge in [0.25, 0.3) is 17.5 Å². The number of hydrogen-bond donors (Lipinski definition) is 2. The molecule has 170 valence electrons. The number of para-hydroxylation sites is 1. The van der Waals surface area contributed by atoms with Gasteiger partial charge in [-0.15, -0.1) is 0 Å². The summed E-state index contributed by atoms with van der Waals surface area (Å²) in [6.45, 7) is 3.05. The van der Waals surface area contributed by atoms with Crippen LogP contribution >= 0.6 is 0 Å². The number of benzene rings is 2. The van der Waals surface area contributed by atoms with Gasteiger partial charge in [0.1, 0.15) is 23.3 Å². The van der Waals surface area contributed by atoms with Crippen molar-refractivity contribution in [1.82, 2.24) is 10.7 Å². The van der Waals surface area contributed by atoms with Crippen LogP contribution in [0.25, 0.3) is 11.3 Å². The van der Waals surface area contributed by atoms with E-state index in [9.17, 15) is 19.7 Å². The second kappa shape index (κ2) is 10.7. The fraction of sp³-hybridized carbons (Fsp3) is 0.174. The molecular weight excluding hydrogens is 428 g/mol. The molecule has 0 radical (unpaired) electrons. The zero-order valence-electron chi connectivity index (χ0n) is 18.0. The Morgan fingerprint density at radius 3 is 2.64 bits per heavy atom.